The summed E-state index contributed by atoms with van der Waals surface area (Å²) in [4.78, 5) is 24.0. The number of rotatable bonds is 5. The van der Waals surface area contributed by atoms with E-state index in [1.807, 2.05) is 0 Å². The van der Waals surface area contributed by atoms with E-state index >= 15 is 0 Å². The van der Waals surface area contributed by atoms with Crippen LogP contribution in [0.1, 0.15) is 43.0 Å². The molecule has 0 heterocycles. The molecular weight excluding hydrogens is 330 g/mol. The lowest BCUT2D eigenvalue weighted by Gasteiger charge is -2.29. The molecule has 132 valence electrons. The van der Waals surface area contributed by atoms with E-state index in [-0.39, 0.29) is 22.4 Å². The van der Waals surface area contributed by atoms with Crippen LogP contribution in [0.4, 0.5) is 0 Å². The molecule has 1 aliphatic carbocycles. The van der Waals surface area contributed by atoms with Gasteiger partial charge in [-0.1, -0.05) is 31.9 Å². The van der Waals surface area contributed by atoms with Crippen molar-refractivity contribution in [3.8, 4) is 0 Å². The zero-order valence-corrected chi connectivity index (χ0v) is 14.8. The van der Waals surface area contributed by atoms with E-state index in [1.165, 1.54) is 24.6 Å². The maximum atomic E-state index is 12.1. The van der Waals surface area contributed by atoms with E-state index in [0.717, 1.165) is 25.5 Å². The van der Waals surface area contributed by atoms with Crippen molar-refractivity contribution in [2.24, 2.45) is 5.92 Å². The summed E-state index contributed by atoms with van der Waals surface area (Å²) >= 11 is 0. The Hall–Kier alpha value is -1.89. The Morgan fingerprint density at radius 1 is 1.21 bits per heavy atom. The van der Waals surface area contributed by atoms with Gasteiger partial charge in [-0.15, -0.1) is 0 Å². The first-order valence-corrected chi connectivity index (χ1v) is 9.93. The van der Waals surface area contributed by atoms with E-state index in [2.05, 4.69) is 12.2 Å². The van der Waals surface area contributed by atoms with Gasteiger partial charge in [0.25, 0.3) is 5.91 Å². The fourth-order valence-electron chi connectivity index (χ4n) is 2.95. The van der Waals surface area contributed by atoms with Gasteiger partial charge in [0.05, 0.1) is 10.5 Å². The van der Waals surface area contributed by atoms with Gasteiger partial charge >= 0.3 is 5.97 Å². The van der Waals surface area contributed by atoms with Crippen LogP contribution in [-0.4, -0.2) is 39.2 Å². The Balaban J connectivity index is 1.95. The van der Waals surface area contributed by atoms with Gasteiger partial charge in [0.1, 0.15) is 0 Å². The normalized spacial score (nSPS) is 21.1. The molecule has 1 aliphatic rings. The fourth-order valence-corrected chi connectivity index (χ4v) is 3.82. The molecule has 6 nitrogen and oxygen atoms in total. The number of nitrogens with one attached hydrogen (secondary N) is 1. The number of carbonyl (C=O) groups excluding carboxylic acids is 2. The van der Waals surface area contributed by atoms with Crippen molar-refractivity contribution in [2.45, 2.75) is 43.5 Å². The average Bonchev–Trinajstić information content (AvgIpc) is 2.54. The summed E-state index contributed by atoms with van der Waals surface area (Å²) in [5, 5.41) is 2.89. The molecule has 1 amide bonds. The Morgan fingerprint density at radius 3 is 2.54 bits per heavy atom. The molecule has 2 rings (SSSR count). The smallest absolute Gasteiger partial charge is 0.339 e. The molecule has 0 aliphatic heterocycles. The van der Waals surface area contributed by atoms with Gasteiger partial charge in [0, 0.05) is 12.3 Å². The molecule has 0 radical (unpaired) electrons. The first kappa shape index (κ1) is 18.4. The molecule has 1 aromatic carbocycles. The summed E-state index contributed by atoms with van der Waals surface area (Å²) in [5.41, 5.74) is -0.0566. The highest BCUT2D eigenvalue weighted by Gasteiger charge is 2.24. The Bertz CT molecular complexity index is 713. The Morgan fingerprint density at radius 2 is 1.88 bits per heavy atom. The molecule has 1 saturated carbocycles. The third-order valence-corrected chi connectivity index (χ3v) is 5.45. The second kappa shape index (κ2) is 7.79. The standard InChI is InChI=1S/C17H23NO5S/c1-12-7-3-5-9-14(12)18-16(19)11-23-17(20)13-8-4-6-10-15(13)24(2,21)22/h4,6,8,10,12,14H,3,5,7,9,11H2,1-2H3,(H,18,19)/t12-,14-/m1/s1. The van der Waals surface area contributed by atoms with Crippen molar-refractivity contribution in [2.75, 3.05) is 12.9 Å². The maximum absolute atomic E-state index is 12.1. The molecule has 0 saturated heterocycles. The van der Waals surface area contributed by atoms with Crippen LogP contribution in [0.15, 0.2) is 29.2 Å². The summed E-state index contributed by atoms with van der Waals surface area (Å²) in [6.07, 6.45) is 5.28. The van der Waals surface area contributed by atoms with Gasteiger partial charge in [-0.3, -0.25) is 4.79 Å². The quantitative estimate of drug-likeness (QED) is 0.817. The van der Waals surface area contributed by atoms with Gasteiger partial charge in [0.15, 0.2) is 16.4 Å². The zero-order valence-electron chi connectivity index (χ0n) is 13.9. The number of hydrogen-bond acceptors (Lipinski definition) is 5. The Kier molecular flexibility index (Phi) is 5.99. The summed E-state index contributed by atoms with van der Waals surface area (Å²) in [7, 11) is -3.55. The third kappa shape index (κ3) is 4.80. The molecule has 0 spiro atoms. The molecule has 0 unspecified atom stereocenters. The lowest BCUT2D eigenvalue weighted by molar-refractivity contribution is -0.125. The summed E-state index contributed by atoms with van der Waals surface area (Å²) in [6.45, 7) is 1.68. The summed E-state index contributed by atoms with van der Waals surface area (Å²) in [5.74, 6) is -0.772. The SMILES string of the molecule is C[C@@H]1CCCC[C@H]1NC(=O)COC(=O)c1ccccc1S(C)(=O)=O. The third-order valence-electron chi connectivity index (χ3n) is 4.30. The van der Waals surface area contributed by atoms with E-state index in [0.29, 0.717) is 5.92 Å². The van der Waals surface area contributed by atoms with Crippen LogP contribution in [0.5, 0.6) is 0 Å². The molecule has 0 aromatic heterocycles. The lowest BCUT2D eigenvalue weighted by atomic mass is 9.86. The van der Waals surface area contributed by atoms with Crippen LogP contribution in [0.25, 0.3) is 0 Å². The number of benzene rings is 1. The van der Waals surface area contributed by atoms with E-state index in [4.69, 9.17) is 4.74 Å². The van der Waals surface area contributed by atoms with Gasteiger partial charge < -0.3 is 10.1 Å². The van der Waals surface area contributed by atoms with Gasteiger partial charge in [-0.25, -0.2) is 13.2 Å². The van der Waals surface area contributed by atoms with E-state index < -0.39 is 22.4 Å². The summed E-state index contributed by atoms with van der Waals surface area (Å²) in [6, 6.07) is 5.91. The van der Waals surface area contributed by atoms with Crippen LogP contribution in [0.2, 0.25) is 0 Å². The van der Waals surface area contributed by atoms with E-state index in [9.17, 15) is 18.0 Å². The zero-order chi connectivity index (χ0) is 17.7. The van der Waals surface area contributed by atoms with Crippen molar-refractivity contribution >= 4 is 21.7 Å². The second-order valence-electron chi connectivity index (χ2n) is 6.28. The van der Waals surface area contributed by atoms with Crippen molar-refractivity contribution in [1.82, 2.24) is 5.32 Å². The number of carbonyl (C=O) groups is 2. The molecule has 1 aromatic rings. The van der Waals surface area contributed by atoms with Crippen LogP contribution >= 0.6 is 0 Å². The molecule has 7 heteroatoms. The largest absolute Gasteiger partial charge is 0.452 e. The average molecular weight is 353 g/mol. The number of amides is 1. The Labute approximate surface area is 142 Å². The highest BCUT2D eigenvalue weighted by atomic mass is 32.2. The van der Waals surface area contributed by atoms with Crippen molar-refractivity contribution in [1.29, 1.82) is 0 Å². The minimum Gasteiger partial charge on any atom is -0.452 e. The molecule has 0 bridgehead atoms. The highest BCUT2D eigenvalue weighted by Crippen LogP contribution is 2.23. The minimum atomic E-state index is -3.55. The van der Waals surface area contributed by atoms with Gasteiger partial charge in [0.2, 0.25) is 0 Å². The fraction of sp³-hybridized carbons (Fsp3) is 0.529. The molecule has 2 atom stereocenters. The van der Waals surface area contributed by atoms with Crippen LogP contribution in [-0.2, 0) is 19.4 Å². The van der Waals surface area contributed by atoms with Crippen molar-refractivity contribution in [3.63, 3.8) is 0 Å². The number of sulfone groups is 1. The molecule has 1 fully saturated rings. The van der Waals surface area contributed by atoms with E-state index in [1.54, 1.807) is 6.07 Å². The van der Waals surface area contributed by atoms with Crippen LogP contribution < -0.4 is 5.32 Å². The number of hydrogen-bond donors (Lipinski definition) is 1. The topological polar surface area (TPSA) is 89.5 Å². The van der Waals surface area contributed by atoms with Crippen LogP contribution in [0, 0.1) is 5.92 Å². The van der Waals surface area contributed by atoms with Crippen molar-refractivity contribution < 1.29 is 22.7 Å². The predicted molar refractivity (Wildman–Crippen MR) is 89.4 cm³/mol. The minimum absolute atomic E-state index is 0.0566. The lowest BCUT2D eigenvalue weighted by Crippen LogP contribution is -2.42. The van der Waals surface area contributed by atoms with Crippen molar-refractivity contribution in [3.05, 3.63) is 29.8 Å². The first-order chi connectivity index (χ1) is 11.3. The molecular formula is C17H23NO5S. The van der Waals surface area contributed by atoms with Gasteiger partial charge in [-0.05, 0) is 30.9 Å². The molecule has 1 N–H and O–H groups in total. The van der Waals surface area contributed by atoms with Crippen LogP contribution in [0.3, 0.4) is 0 Å². The molecule has 24 heavy (non-hydrogen) atoms. The summed E-state index contributed by atoms with van der Waals surface area (Å²) < 4.78 is 28.4. The second-order valence-corrected chi connectivity index (χ2v) is 8.26. The highest BCUT2D eigenvalue weighted by molar-refractivity contribution is 7.90. The first-order valence-electron chi connectivity index (χ1n) is 8.04. The number of ether oxygens (including phenoxy) is 1. The van der Waals surface area contributed by atoms with Gasteiger partial charge in [-0.2, -0.15) is 0 Å². The predicted octanol–water partition coefficient (Wildman–Crippen LogP) is 1.94. The monoisotopic (exact) mass is 353 g/mol. The maximum Gasteiger partial charge on any atom is 0.339 e. The number of esters is 1.